The van der Waals surface area contributed by atoms with Gasteiger partial charge in [-0.25, -0.2) is 4.99 Å². The highest BCUT2D eigenvalue weighted by molar-refractivity contribution is 5.97. The summed E-state index contributed by atoms with van der Waals surface area (Å²) in [6.45, 7) is 4.08. The lowest BCUT2D eigenvalue weighted by Crippen LogP contribution is -2.11. The van der Waals surface area contributed by atoms with Gasteiger partial charge in [0.05, 0.1) is 0 Å². The third kappa shape index (κ3) is 1.47. The van der Waals surface area contributed by atoms with Crippen LogP contribution in [-0.2, 0) is 0 Å². The van der Waals surface area contributed by atoms with Gasteiger partial charge in [-0.05, 0) is 18.4 Å². The lowest BCUT2D eigenvalue weighted by atomic mass is 10.1. The molecular weight excluding hydrogens is 124 g/mol. The maximum Gasteiger partial charge on any atom is 0.125 e. The molecule has 0 saturated heterocycles. The first-order valence-electron chi connectivity index (χ1n) is 3.39. The number of rotatable bonds is 0. The molecule has 1 unspecified atom stereocenters. The highest BCUT2D eigenvalue weighted by atomic mass is 14.8. The summed E-state index contributed by atoms with van der Waals surface area (Å²) in [6, 6.07) is 0. The van der Waals surface area contributed by atoms with Gasteiger partial charge in [-0.3, -0.25) is 0 Å². The molecule has 0 aromatic rings. The Kier molecular flexibility index (Phi) is 1.90. The van der Waals surface area contributed by atoms with E-state index in [2.05, 4.69) is 18.0 Å². The van der Waals surface area contributed by atoms with Gasteiger partial charge in [-0.15, -0.1) is 0 Å². The van der Waals surface area contributed by atoms with Gasteiger partial charge in [-0.1, -0.05) is 19.1 Å². The first kappa shape index (κ1) is 7.06. The molecule has 1 aliphatic heterocycles. The fraction of sp³-hybridized carbons (Fsp3) is 0.375. The minimum absolute atomic E-state index is 0.449. The molecule has 2 nitrogen and oxygen atoms in total. The van der Waals surface area contributed by atoms with Crippen LogP contribution in [0.2, 0.25) is 0 Å². The van der Waals surface area contributed by atoms with Crippen LogP contribution in [0.1, 0.15) is 13.8 Å². The van der Waals surface area contributed by atoms with E-state index in [-0.39, 0.29) is 0 Å². The van der Waals surface area contributed by atoms with Crippen molar-refractivity contribution in [2.24, 2.45) is 16.6 Å². The molecule has 0 saturated carbocycles. The Morgan fingerprint density at radius 1 is 1.60 bits per heavy atom. The largest absolute Gasteiger partial charge is 0.383 e. The Bertz CT molecular complexity index is 211. The van der Waals surface area contributed by atoms with E-state index >= 15 is 0 Å². The molecule has 2 heteroatoms. The summed E-state index contributed by atoms with van der Waals surface area (Å²) in [5.41, 5.74) is 6.64. The molecule has 0 aromatic carbocycles. The molecule has 1 rings (SSSR count). The molecule has 1 atom stereocenters. The Balaban J connectivity index is 2.90. The topological polar surface area (TPSA) is 38.4 Å². The van der Waals surface area contributed by atoms with Crippen LogP contribution >= 0.6 is 0 Å². The van der Waals surface area contributed by atoms with E-state index in [0.29, 0.717) is 11.8 Å². The van der Waals surface area contributed by atoms with Crippen molar-refractivity contribution in [1.29, 1.82) is 0 Å². The van der Waals surface area contributed by atoms with Crippen molar-refractivity contribution in [3.05, 3.63) is 23.9 Å². The predicted molar refractivity (Wildman–Crippen MR) is 43.7 cm³/mol. The van der Waals surface area contributed by atoms with E-state index < -0.39 is 0 Å². The van der Waals surface area contributed by atoms with Crippen molar-refractivity contribution in [2.75, 3.05) is 0 Å². The number of amidine groups is 1. The number of hydrogen-bond donors (Lipinski definition) is 1. The molecule has 0 radical (unpaired) electrons. The molecule has 1 heterocycles. The number of nitrogens with zero attached hydrogens (tertiary/aromatic N) is 1. The second kappa shape index (κ2) is 2.69. The third-order valence-corrected chi connectivity index (χ3v) is 1.52. The molecule has 0 fully saturated rings. The van der Waals surface area contributed by atoms with Crippen molar-refractivity contribution < 1.29 is 0 Å². The maximum absolute atomic E-state index is 5.57. The molecular formula is C8H12N2. The van der Waals surface area contributed by atoms with E-state index in [1.54, 1.807) is 6.20 Å². The normalized spacial score (nSPS) is 25.2. The lowest BCUT2D eigenvalue weighted by molar-refractivity contribution is 0.933. The SMILES string of the molecule is CC1=CC(C)C=CN=C1N. The molecule has 0 spiro atoms. The van der Waals surface area contributed by atoms with Crippen molar-refractivity contribution >= 4 is 5.84 Å². The zero-order valence-electron chi connectivity index (χ0n) is 6.33. The van der Waals surface area contributed by atoms with Crippen molar-refractivity contribution in [1.82, 2.24) is 0 Å². The van der Waals surface area contributed by atoms with E-state index in [0.717, 1.165) is 5.57 Å². The summed E-state index contributed by atoms with van der Waals surface area (Å²) in [5.74, 6) is 1.07. The molecule has 54 valence electrons. The summed E-state index contributed by atoms with van der Waals surface area (Å²) in [5, 5.41) is 0. The molecule has 2 N–H and O–H groups in total. The van der Waals surface area contributed by atoms with Gasteiger partial charge >= 0.3 is 0 Å². The van der Waals surface area contributed by atoms with Crippen molar-refractivity contribution in [2.45, 2.75) is 13.8 Å². The van der Waals surface area contributed by atoms with Crippen LogP contribution in [-0.4, -0.2) is 5.84 Å². The van der Waals surface area contributed by atoms with E-state index in [1.165, 1.54) is 0 Å². The second-order valence-corrected chi connectivity index (χ2v) is 2.56. The summed E-state index contributed by atoms with van der Waals surface area (Å²) in [7, 11) is 0. The van der Waals surface area contributed by atoms with Gasteiger partial charge < -0.3 is 5.73 Å². The minimum Gasteiger partial charge on any atom is -0.383 e. The minimum atomic E-state index is 0.449. The second-order valence-electron chi connectivity index (χ2n) is 2.56. The van der Waals surface area contributed by atoms with Gasteiger partial charge in [0.2, 0.25) is 0 Å². The van der Waals surface area contributed by atoms with Crippen LogP contribution in [0, 0.1) is 5.92 Å². The van der Waals surface area contributed by atoms with Crippen LogP contribution in [0.3, 0.4) is 0 Å². The number of hydrogen-bond acceptors (Lipinski definition) is 2. The third-order valence-electron chi connectivity index (χ3n) is 1.52. The highest BCUT2D eigenvalue weighted by Crippen LogP contribution is 2.08. The number of nitrogens with two attached hydrogens (primary N) is 1. The van der Waals surface area contributed by atoms with Crippen LogP contribution in [0.15, 0.2) is 28.9 Å². The summed E-state index contributed by atoms with van der Waals surface area (Å²) >= 11 is 0. The molecule has 1 aliphatic rings. The standard InChI is InChI=1S/C8H12N2/c1-6-3-4-10-8(9)7(2)5-6/h3-6H,1-2H3,(H2,9,10). The Labute approximate surface area is 61.1 Å². The molecule has 0 amide bonds. The van der Waals surface area contributed by atoms with E-state index in [4.69, 9.17) is 5.73 Å². The van der Waals surface area contributed by atoms with Crippen molar-refractivity contribution in [3.63, 3.8) is 0 Å². The smallest absolute Gasteiger partial charge is 0.125 e. The van der Waals surface area contributed by atoms with E-state index in [9.17, 15) is 0 Å². The predicted octanol–water partition coefficient (Wildman–Crippen LogP) is 1.45. The first-order chi connectivity index (χ1) is 4.70. The maximum atomic E-state index is 5.57. The number of allylic oxidation sites excluding steroid dienone is 2. The van der Waals surface area contributed by atoms with Gasteiger partial charge in [0, 0.05) is 6.20 Å². The zero-order valence-corrected chi connectivity index (χ0v) is 6.33. The van der Waals surface area contributed by atoms with Crippen LogP contribution < -0.4 is 5.73 Å². The van der Waals surface area contributed by atoms with Gasteiger partial charge in [0.25, 0.3) is 0 Å². The van der Waals surface area contributed by atoms with Gasteiger partial charge in [0.1, 0.15) is 5.84 Å². The van der Waals surface area contributed by atoms with Crippen LogP contribution in [0.5, 0.6) is 0 Å². The highest BCUT2D eigenvalue weighted by Gasteiger charge is 2.00. The van der Waals surface area contributed by atoms with Crippen LogP contribution in [0.4, 0.5) is 0 Å². The van der Waals surface area contributed by atoms with Crippen LogP contribution in [0.25, 0.3) is 0 Å². The summed E-state index contributed by atoms with van der Waals surface area (Å²) in [4.78, 5) is 4.00. The van der Waals surface area contributed by atoms with Crippen molar-refractivity contribution in [3.8, 4) is 0 Å². The molecule has 10 heavy (non-hydrogen) atoms. The average molecular weight is 136 g/mol. The monoisotopic (exact) mass is 136 g/mol. The molecule has 0 aromatic heterocycles. The fourth-order valence-corrected chi connectivity index (χ4v) is 0.896. The molecule has 0 bridgehead atoms. The van der Waals surface area contributed by atoms with Gasteiger partial charge in [-0.2, -0.15) is 0 Å². The fourth-order valence-electron chi connectivity index (χ4n) is 0.896. The number of aliphatic imine (C=N–C) groups is 1. The van der Waals surface area contributed by atoms with Gasteiger partial charge in [0.15, 0.2) is 0 Å². The first-order valence-corrected chi connectivity index (χ1v) is 3.39. The summed E-state index contributed by atoms with van der Waals surface area (Å²) in [6.07, 6.45) is 5.87. The lowest BCUT2D eigenvalue weighted by Gasteiger charge is -1.97. The summed E-state index contributed by atoms with van der Waals surface area (Å²) < 4.78 is 0. The molecule has 0 aliphatic carbocycles. The average Bonchev–Trinajstić information content (AvgIpc) is 1.96. The quantitative estimate of drug-likeness (QED) is 0.538. The van der Waals surface area contributed by atoms with E-state index in [1.807, 2.05) is 13.0 Å². The Morgan fingerprint density at radius 3 is 3.00 bits per heavy atom. The zero-order chi connectivity index (χ0) is 7.56. The Morgan fingerprint density at radius 2 is 2.30 bits per heavy atom. The Hall–Kier alpha value is -1.05.